The highest BCUT2D eigenvalue weighted by atomic mass is 35.5. The third-order valence-electron chi connectivity index (χ3n) is 3.26. The second-order valence-corrected chi connectivity index (χ2v) is 7.20. The second-order valence-electron chi connectivity index (χ2n) is 6.76. The molecule has 0 radical (unpaired) electrons. The Morgan fingerprint density at radius 3 is 2.23 bits per heavy atom. The number of amides is 1. The molecule has 1 N–H and O–H groups in total. The summed E-state index contributed by atoms with van der Waals surface area (Å²) in [5.74, 6) is -0.478. The van der Waals surface area contributed by atoms with E-state index in [0.717, 1.165) is 0 Å². The first-order chi connectivity index (χ1) is 12.2. The summed E-state index contributed by atoms with van der Waals surface area (Å²) in [5.41, 5.74) is -0.0954. The Kier molecular flexibility index (Phi) is 6.64. The Balaban J connectivity index is 2.09. The highest BCUT2D eigenvalue weighted by molar-refractivity contribution is 6.30. The molecule has 0 aliphatic rings. The lowest BCUT2D eigenvalue weighted by molar-refractivity contribution is -0.133. The van der Waals surface area contributed by atoms with Gasteiger partial charge >= 0.3 is 5.97 Å². The van der Waals surface area contributed by atoms with Gasteiger partial charge in [-0.05, 0) is 57.2 Å². The fourth-order valence-corrected chi connectivity index (χ4v) is 2.21. The molecule has 0 aliphatic carbocycles. The van der Waals surface area contributed by atoms with Gasteiger partial charge in [0.2, 0.25) is 6.10 Å². The maximum absolute atomic E-state index is 12.5. The first kappa shape index (κ1) is 19.8. The van der Waals surface area contributed by atoms with Crippen molar-refractivity contribution >= 4 is 23.5 Å². The minimum atomic E-state index is -1.09. The molecule has 0 saturated heterocycles. The molecule has 2 aromatic carbocycles. The Morgan fingerprint density at radius 2 is 1.65 bits per heavy atom. The third kappa shape index (κ3) is 6.41. The Bertz CT molecular complexity index is 739. The van der Waals surface area contributed by atoms with Crippen molar-refractivity contribution in [3.8, 4) is 5.75 Å². The van der Waals surface area contributed by atoms with E-state index in [-0.39, 0.29) is 6.61 Å². The van der Waals surface area contributed by atoms with Gasteiger partial charge in [-0.1, -0.05) is 29.8 Å². The standard InChI is InChI=1S/C20H22ClNO4/c1-20(2,3)22-18(23)17(13-25-16-11-9-15(21)10-12-16)26-19(24)14-7-5-4-6-8-14/h4-12,17H,13H2,1-3H3,(H,22,23). The molecular weight excluding hydrogens is 354 g/mol. The van der Waals surface area contributed by atoms with Crippen molar-refractivity contribution in [2.75, 3.05) is 6.61 Å². The van der Waals surface area contributed by atoms with Crippen LogP contribution in [0.5, 0.6) is 5.75 Å². The van der Waals surface area contributed by atoms with E-state index in [1.54, 1.807) is 54.6 Å². The maximum Gasteiger partial charge on any atom is 0.339 e. The zero-order valence-electron chi connectivity index (χ0n) is 15.0. The molecule has 6 heteroatoms. The van der Waals surface area contributed by atoms with Crippen molar-refractivity contribution in [2.45, 2.75) is 32.4 Å². The molecule has 0 aromatic heterocycles. The average Bonchev–Trinajstić information content (AvgIpc) is 2.59. The monoisotopic (exact) mass is 375 g/mol. The SMILES string of the molecule is CC(C)(C)NC(=O)C(COc1ccc(Cl)cc1)OC(=O)c1ccccc1. The predicted molar refractivity (Wildman–Crippen MR) is 100 cm³/mol. The maximum atomic E-state index is 12.5. The summed E-state index contributed by atoms with van der Waals surface area (Å²) in [7, 11) is 0. The van der Waals surface area contributed by atoms with Crippen LogP contribution in [0.1, 0.15) is 31.1 Å². The molecule has 2 rings (SSSR count). The van der Waals surface area contributed by atoms with Crippen molar-refractivity contribution in [1.82, 2.24) is 5.32 Å². The molecule has 0 spiro atoms. The highest BCUT2D eigenvalue weighted by Gasteiger charge is 2.27. The molecule has 5 nitrogen and oxygen atoms in total. The lowest BCUT2D eigenvalue weighted by Gasteiger charge is -2.25. The highest BCUT2D eigenvalue weighted by Crippen LogP contribution is 2.16. The van der Waals surface area contributed by atoms with Gasteiger partial charge in [-0.3, -0.25) is 4.79 Å². The number of ether oxygens (including phenoxy) is 2. The molecule has 138 valence electrons. The van der Waals surface area contributed by atoms with Crippen LogP contribution in [0.25, 0.3) is 0 Å². The van der Waals surface area contributed by atoms with E-state index in [2.05, 4.69) is 5.32 Å². The third-order valence-corrected chi connectivity index (χ3v) is 3.52. The molecule has 0 aliphatic heterocycles. The van der Waals surface area contributed by atoms with Gasteiger partial charge in [-0.2, -0.15) is 0 Å². The van der Waals surface area contributed by atoms with E-state index in [1.807, 2.05) is 20.8 Å². The molecule has 26 heavy (non-hydrogen) atoms. The van der Waals surface area contributed by atoms with Crippen LogP contribution in [-0.2, 0) is 9.53 Å². The number of esters is 1. The molecule has 1 unspecified atom stereocenters. The summed E-state index contributed by atoms with van der Waals surface area (Å²) in [4.78, 5) is 24.8. The fourth-order valence-electron chi connectivity index (χ4n) is 2.09. The van der Waals surface area contributed by atoms with E-state index in [4.69, 9.17) is 21.1 Å². The van der Waals surface area contributed by atoms with Gasteiger partial charge < -0.3 is 14.8 Å². The number of nitrogens with one attached hydrogen (secondary N) is 1. The van der Waals surface area contributed by atoms with E-state index in [9.17, 15) is 9.59 Å². The number of benzene rings is 2. The first-order valence-corrected chi connectivity index (χ1v) is 8.59. The minimum Gasteiger partial charge on any atom is -0.489 e. The zero-order valence-corrected chi connectivity index (χ0v) is 15.7. The molecule has 0 heterocycles. The van der Waals surface area contributed by atoms with E-state index in [1.165, 1.54) is 0 Å². The molecule has 2 aromatic rings. The molecule has 0 fully saturated rings. The van der Waals surface area contributed by atoms with Crippen LogP contribution in [0, 0.1) is 0 Å². The summed E-state index contributed by atoms with van der Waals surface area (Å²) in [6.45, 7) is 5.44. The van der Waals surface area contributed by atoms with Crippen LogP contribution in [0.4, 0.5) is 0 Å². The number of halogens is 1. The number of carbonyl (C=O) groups excluding carboxylic acids is 2. The average molecular weight is 376 g/mol. The van der Waals surface area contributed by atoms with Crippen molar-refractivity contribution in [1.29, 1.82) is 0 Å². The first-order valence-electron chi connectivity index (χ1n) is 8.21. The molecule has 0 saturated carbocycles. The minimum absolute atomic E-state index is 0.109. The number of carbonyl (C=O) groups is 2. The van der Waals surface area contributed by atoms with Crippen LogP contribution < -0.4 is 10.1 Å². The summed E-state index contributed by atoms with van der Waals surface area (Å²) < 4.78 is 11.0. The molecule has 0 bridgehead atoms. The van der Waals surface area contributed by atoms with Crippen LogP contribution in [0.2, 0.25) is 5.02 Å². The van der Waals surface area contributed by atoms with Crippen molar-refractivity contribution in [3.05, 3.63) is 65.2 Å². The Morgan fingerprint density at radius 1 is 1.04 bits per heavy atom. The Hall–Kier alpha value is -2.53. The summed E-state index contributed by atoms with van der Waals surface area (Å²) in [6.07, 6.45) is -1.09. The number of hydrogen-bond donors (Lipinski definition) is 1. The Labute approximate surface area is 158 Å². The van der Waals surface area contributed by atoms with Crippen LogP contribution in [-0.4, -0.2) is 30.1 Å². The fraction of sp³-hybridized carbons (Fsp3) is 0.300. The van der Waals surface area contributed by atoms with Crippen LogP contribution in [0.3, 0.4) is 0 Å². The molecular formula is C20H22ClNO4. The summed E-state index contributed by atoms with van der Waals surface area (Å²) in [5, 5.41) is 3.38. The van der Waals surface area contributed by atoms with Gasteiger partial charge in [0.05, 0.1) is 5.56 Å². The van der Waals surface area contributed by atoms with Gasteiger partial charge in [-0.15, -0.1) is 0 Å². The van der Waals surface area contributed by atoms with Crippen molar-refractivity contribution in [3.63, 3.8) is 0 Å². The van der Waals surface area contributed by atoms with Crippen molar-refractivity contribution in [2.24, 2.45) is 0 Å². The topological polar surface area (TPSA) is 64.6 Å². The van der Waals surface area contributed by atoms with Crippen LogP contribution >= 0.6 is 11.6 Å². The number of hydrogen-bond acceptors (Lipinski definition) is 4. The predicted octanol–water partition coefficient (Wildman–Crippen LogP) is 3.86. The second kappa shape index (κ2) is 8.72. The van der Waals surface area contributed by atoms with Gasteiger partial charge in [-0.25, -0.2) is 4.79 Å². The quantitative estimate of drug-likeness (QED) is 0.778. The summed E-state index contributed by atoms with van der Waals surface area (Å²) >= 11 is 5.85. The van der Waals surface area contributed by atoms with Gasteiger partial charge in [0.15, 0.2) is 0 Å². The van der Waals surface area contributed by atoms with Gasteiger partial charge in [0.1, 0.15) is 12.4 Å². The smallest absolute Gasteiger partial charge is 0.339 e. The lowest BCUT2D eigenvalue weighted by atomic mass is 10.1. The van der Waals surface area contributed by atoms with E-state index >= 15 is 0 Å². The number of rotatable bonds is 6. The summed E-state index contributed by atoms with van der Waals surface area (Å²) in [6, 6.07) is 15.2. The van der Waals surface area contributed by atoms with E-state index in [0.29, 0.717) is 16.3 Å². The van der Waals surface area contributed by atoms with Gasteiger partial charge in [0.25, 0.3) is 5.91 Å². The largest absolute Gasteiger partial charge is 0.489 e. The van der Waals surface area contributed by atoms with Crippen LogP contribution in [0.15, 0.2) is 54.6 Å². The normalized spacial score (nSPS) is 12.2. The van der Waals surface area contributed by atoms with E-state index < -0.39 is 23.5 Å². The zero-order chi connectivity index (χ0) is 19.2. The van der Waals surface area contributed by atoms with Crippen molar-refractivity contribution < 1.29 is 19.1 Å². The lowest BCUT2D eigenvalue weighted by Crippen LogP contribution is -2.49. The molecule has 1 amide bonds. The molecule has 1 atom stereocenters. The van der Waals surface area contributed by atoms with Gasteiger partial charge in [0, 0.05) is 10.6 Å².